The standard InChI is InChI=1S/C18H17ClFN7O/c1-28-18-25-16-9(17(26-18)23-6-5-21)7-10(19)14(15(16)20)11-3-2-4-13-24-12(22)8-27(11)13/h2-4,7-8H,5-6,21-22H2,1H3,(H,23,25,26). The molecule has 0 bridgehead atoms. The lowest BCUT2D eigenvalue weighted by Crippen LogP contribution is -2.15. The summed E-state index contributed by atoms with van der Waals surface area (Å²) >= 11 is 6.49. The van der Waals surface area contributed by atoms with Crippen LogP contribution in [0.4, 0.5) is 16.0 Å². The maximum absolute atomic E-state index is 15.6. The number of fused-ring (bicyclic) bond motifs is 2. The second kappa shape index (κ2) is 7.10. The number of nitrogen functional groups attached to an aromatic ring is 1. The SMILES string of the molecule is COc1nc(NCCN)c2cc(Cl)c(-c3cccc4nc(N)cn34)c(F)c2n1. The number of rotatable bonds is 5. The first-order chi connectivity index (χ1) is 13.5. The predicted molar refractivity (Wildman–Crippen MR) is 107 cm³/mol. The van der Waals surface area contributed by atoms with Gasteiger partial charge in [-0.05, 0) is 18.2 Å². The van der Waals surface area contributed by atoms with Gasteiger partial charge < -0.3 is 21.5 Å². The van der Waals surface area contributed by atoms with Gasteiger partial charge in [-0.25, -0.2) is 9.37 Å². The number of hydrogen-bond acceptors (Lipinski definition) is 7. The van der Waals surface area contributed by atoms with E-state index in [0.717, 1.165) is 0 Å². The lowest BCUT2D eigenvalue weighted by atomic mass is 10.1. The number of benzene rings is 1. The van der Waals surface area contributed by atoms with Crippen molar-refractivity contribution in [3.63, 3.8) is 0 Å². The van der Waals surface area contributed by atoms with Crippen molar-refractivity contribution in [1.29, 1.82) is 0 Å². The van der Waals surface area contributed by atoms with Crippen molar-refractivity contribution >= 4 is 39.8 Å². The number of aromatic nitrogens is 4. The Morgan fingerprint density at radius 3 is 2.86 bits per heavy atom. The third-order valence-electron chi connectivity index (χ3n) is 4.25. The lowest BCUT2D eigenvalue weighted by molar-refractivity contribution is 0.382. The minimum Gasteiger partial charge on any atom is -0.467 e. The van der Waals surface area contributed by atoms with E-state index in [9.17, 15) is 0 Å². The van der Waals surface area contributed by atoms with E-state index in [0.29, 0.717) is 41.5 Å². The molecule has 8 nitrogen and oxygen atoms in total. The lowest BCUT2D eigenvalue weighted by Gasteiger charge is -2.14. The van der Waals surface area contributed by atoms with Crippen LogP contribution in [0, 0.1) is 5.82 Å². The van der Waals surface area contributed by atoms with Gasteiger partial charge in [0.25, 0.3) is 0 Å². The minimum atomic E-state index is -0.598. The van der Waals surface area contributed by atoms with Crippen LogP contribution in [0.2, 0.25) is 5.02 Å². The normalized spacial score (nSPS) is 11.3. The summed E-state index contributed by atoms with van der Waals surface area (Å²) in [5.74, 6) is 0.116. The number of imidazole rings is 1. The van der Waals surface area contributed by atoms with Crippen LogP contribution in [-0.2, 0) is 0 Å². The van der Waals surface area contributed by atoms with E-state index in [1.807, 2.05) is 0 Å². The topological polar surface area (TPSA) is 116 Å². The molecule has 0 unspecified atom stereocenters. The van der Waals surface area contributed by atoms with Crippen molar-refractivity contribution in [1.82, 2.24) is 19.4 Å². The van der Waals surface area contributed by atoms with Crippen LogP contribution >= 0.6 is 11.6 Å². The number of nitrogens with zero attached hydrogens (tertiary/aromatic N) is 4. The summed E-state index contributed by atoms with van der Waals surface area (Å²) in [5, 5.41) is 3.68. The van der Waals surface area contributed by atoms with Crippen molar-refractivity contribution in [2.24, 2.45) is 5.73 Å². The quantitative estimate of drug-likeness (QED) is 0.470. The molecule has 4 aromatic rings. The number of ether oxygens (including phenoxy) is 1. The first-order valence-electron chi connectivity index (χ1n) is 8.45. The molecule has 144 valence electrons. The van der Waals surface area contributed by atoms with Crippen molar-refractivity contribution < 1.29 is 9.13 Å². The Hall–Kier alpha value is -3.17. The molecule has 0 atom stereocenters. The molecule has 0 aliphatic carbocycles. The monoisotopic (exact) mass is 401 g/mol. The van der Waals surface area contributed by atoms with Gasteiger partial charge in [0.15, 0.2) is 5.82 Å². The minimum absolute atomic E-state index is 0.0317. The van der Waals surface area contributed by atoms with Gasteiger partial charge in [0, 0.05) is 18.5 Å². The number of nitrogens with one attached hydrogen (secondary N) is 1. The Bertz CT molecular complexity index is 1190. The largest absolute Gasteiger partial charge is 0.467 e. The number of pyridine rings is 1. The number of halogens is 2. The zero-order valence-electron chi connectivity index (χ0n) is 14.9. The van der Waals surface area contributed by atoms with Crippen LogP contribution in [0.15, 0.2) is 30.5 Å². The molecule has 0 aliphatic rings. The average molecular weight is 402 g/mol. The maximum Gasteiger partial charge on any atom is 0.318 e. The zero-order chi connectivity index (χ0) is 19.8. The van der Waals surface area contributed by atoms with E-state index in [4.69, 9.17) is 27.8 Å². The Balaban J connectivity index is 2.02. The maximum atomic E-state index is 15.6. The molecule has 3 heterocycles. The number of anilines is 2. The van der Waals surface area contributed by atoms with E-state index in [-0.39, 0.29) is 22.1 Å². The molecule has 4 rings (SSSR count). The van der Waals surface area contributed by atoms with Crippen LogP contribution in [0.25, 0.3) is 27.8 Å². The van der Waals surface area contributed by atoms with E-state index in [2.05, 4.69) is 20.3 Å². The van der Waals surface area contributed by atoms with E-state index >= 15 is 4.39 Å². The van der Waals surface area contributed by atoms with Gasteiger partial charge in [0.05, 0.1) is 29.6 Å². The van der Waals surface area contributed by atoms with Crippen LogP contribution < -0.4 is 21.5 Å². The highest BCUT2D eigenvalue weighted by molar-refractivity contribution is 6.34. The highest BCUT2D eigenvalue weighted by atomic mass is 35.5. The van der Waals surface area contributed by atoms with Gasteiger partial charge in [0.1, 0.15) is 22.8 Å². The fourth-order valence-electron chi connectivity index (χ4n) is 3.06. The Labute approximate surface area is 164 Å². The highest BCUT2D eigenvalue weighted by Gasteiger charge is 2.21. The number of nitrogens with two attached hydrogens (primary N) is 2. The van der Waals surface area contributed by atoms with E-state index in [1.54, 1.807) is 34.9 Å². The summed E-state index contributed by atoms with van der Waals surface area (Å²) in [6.45, 7) is 0.829. The molecular weight excluding hydrogens is 385 g/mol. The molecule has 0 radical (unpaired) electrons. The molecule has 0 saturated heterocycles. The Morgan fingerprint density at radius 2 is 2.11 bits per heavy atom. The van der Waals surface area contributed by atoms with Crippen LogP contribution in [0.5, 0.6) is 6.01 Å². The first kappa shape index (κ1) is 18.2. The molecule has 5 N–H and O–H groups in total. The first-order valence-corrected chi connectivity index (χ1v) is 8.83. The second-order valence-electron chi connectivity index (χ2n) is 6.02. The van der Waals surface area contributed by atoms with Gasteiger partial charge >= 0.3 is 6.01 Å². The van der Waals surface area contributed by atoms with E-state index in [1.165, 1.54) is 7.11 Å². The molecule has 0 spiro atoms. The highest BCUT2D eigenvalue weighted by Crippen LogP contribution is 2.38. The fourth-order valence-corrected chi connectivity index (χ4v) is 3.35. The van der Waals surface area contributed by atoms with E-state index < -0.39 is 5.82 Å². The number of hydrogen-bond donors (Lipinski definition) is 3. The average Bonchev–Trinajstić information content (AvgIpc) is 3.07. The molecule has 0 aliphatic heterocycles. The Kier molecular flexibility index (Phi) is 4.62. The van der Waals surface area contributed by atoms with Crippen LogP contribution in [-0.4, -0.2) is 39.6 Å². The summed E-state index contributed by atoms with van der Waals surface area (Å²) < 4.78 is 22.4. The van der Waals surface area contributed by atoms with Gasteiger partial charge in [-0.2, -0.15) is 9.97 Å². The fraction of sp³-hybridized carbons (Fsp3) is 0.167. The molecule has 28 heavy (non-hydrogen) atoms. The summed E-state index contributed by atoms with van der Waals surface area (Å²) in [6, 6.07) is 6.91. The van der Waals surface area contributed by atoms with Gasteiger partial charge in [-0.1, -0.05) is 17.7 Å². The van der Waals surface area contributed by atoms with Crippen molar-refractivity contribution in [2.75, 3.05) is 31.2 Å². The van der Waals surface area contributed by atoms with Crippen LogP contribution in [0.1, 0.15) is 0 Å². The molecule has 10 heteroatoms. The third kappa shape index (κ3) is 2.94. The molecule has 1 aromatic carbocycles. The summed E-state index contributed by atoms with van der Waals surface area (Å²) in [7, 11) is 1.41. The zero-order valence-corrected chi connectivity index (χ0v) is 15.7. The molecule has 0 saturated carbocycles. The predicted octanol–water partition coefficient (Wildman–Crippen LogP) is 2.70. The van der Waals surface area contributed by atoms with Crippen molar-refractivity contribution in [3.05, 3.63) is 41.3 Å². The second-order valence-corrected chi connectivity index (χ2v) is 6.43. The van der Waals surface area contributed by atoms with Gasteiger partial charge in [-0.15, -0.1) is 0 Å². The smallest absolute Gasteiger partial charge is 0.318 e. The summed E-state index contributed by atoms with van der Waals surface area (Å²) in [4.78, 5) is 12.6. The summed E-state index contributed by atoms with van der Waals surface area (Å²) in [5.41, 5.74) is 12.7. The van der Waals surface area contributed by atoms with Crippen LogP contribution in [0.3, 0.4) is 0 Å². The molecular formula is C18H17ClFN7O. The molecule has 3 aromatic heterocycles. The molecule has 0 fully saturated rings. The number of methoxy groups -OCH3 is 1. The molecule has 0 amide bonds. The summed E-state index contributed by atoms with van der Waals surface area (Å²) in [6.07, 6.45) is 1.61. The van der Waals surface area contributed by atoms with Gasteiger partial charge in [0.2, 0.25) is 0 Å². The Morgan fingerprint density at radius 1 is 1.29 bits per heavy atom. The van der Waals surface area contributed by atoms with Crippen molar-refractivity contribution in [3.8, 4) is 17.3 Å². The third-order valence-corrected chi connectivity index (χ3v) is 4.55. The van der Waals surface area contributed by atoms with Gasteiger partial charge in [-0.3, -0.25) is 4.40 Å². The van der Waals surface area contributed by atoms with Crippen molar-refractivity contribution in [2.45, 2.75) is 0 Å².